The maximum Gasteiger partial charge on any atom is 0.297 e. The molecule has 3 heteroatoms. The molecule has 3 heterocycles. The summed E-state index contributed by atoms with van der Waals surface area (Å²) in [5.41, 5.74) is 10.4. The maximum atomic E-state index is 4.82. The zero-order valence-electron chi connectivity index (χ0n) is 19.5. The minimum Gasteiger partial charge on any atom is -0.255 e. The molecule has 0 spiro atoms. The standard InChI is InChI=1S/C28H32N3/c1-17(2)13-20-15-24-25(16-21(20)14-18(3)4)31-23-10-8-7-9-22(23)27-26(28(31)30(24)6)19(5)11-12-29-27/h7-12,15-18H,13-14H2,1-6H3/q+1. The highest BCUT2D eigenvalue weighted by molar-refractivity contribution is 6.11. The quantitative estimate of drug-likeness (QED) is 0.251. The van der Waals surface area contributed by atoms with Crippen molar-refractivity contribution in [2.75, 3.05) is 0 Å². The Morgan fingerprint density at radius 2 is 1.58 bits per heavy atom. The fraction of sp³-hybridized carbons (Fsp3) is 0.357. The van der Waals surface area contributed by atoms with Gasteiger partial charge < -0.3 is 0 Å². The third-order valence-corrected chi connectivity index (χ3v) is 6.47. The molecule has 0 aliphatic carbocycles. The summed E-state index contributed by atoms with van der Waals surface area (Å²) >= 11 is 0. The number of hydrogen-bond acceptors (Lipinski definition) is 1. The van der Waals surface area contributed by atoms with Crippen LogP contribution in [0.15, 0.2) is 48.7 Å². The Morgan fingerprint density at radius 3 is 2.29 bits per heavy atom. The second-order valence-electron chi connectivity index (χ2n) is 9.89. The lowest BCUT2D eigenvalue weighted by molar-refractivity contribution is -0.617. The molecular formula is C28H32N3+. The second-order valence-corrected chi connectivity index (χ2v) is 9.89. The van der Waals surface area contributed by atoms with Crippen molar-refractivity contribution in [1.29, 1.82) is 0 Å². The Labute approximate surface area is 184 Å². The molecule has 0 aliphatic heterocycles. The minimum absolute atomic E-state index is 0.632. The van der Waals surface area contributed by atoms with Gasteiger partial charge in [-0.1, -0.05) is 39.8 Å². The maximum absolute atomic E-state index is 4.82. The molecular weight excluding hydrogens is 378 g/mol. The van der Waals surface area contributed by atoms with Crippen molar-refractivity contribution >= 4 is 38.5 Å². The van der Waals surface area contributed by atoms with Crippen molar-refractivity contribution in [2.24, 2.45) is 18.9 Å². The Morgan fingerprint density at radius 1 is 0.903 bits per heavy atom. The lowest BCUT2D eigenvalue weighted by atomic mass is 9.92. The van der Waals surface area contributed by atoms with E-state index in [2.05, 4.69) is 93.1 Å². The van der Waals surface area contributed by atoms with Crippen molar-refractivity contribution in [3.8, 4) is 0 Å². The summed E-state index contributed by atoms with van der Waals surface area (Å²) in [6.07, 6.45) is 4.16. The minimum atomic E-state index is 0.632. The Bertz CT molecular complexity index is 1450. The van der Waals surface area contributed by atoms with Gasteiger partial charge in [0.1, 0.15) is 5.52 Å². The van der Waals surface area contributed by atoms with Gasteiger partial charge in [-0.2, -0.15) is 4.40 Å². The van der Waals surface area contributed by atoms with Gasteiger partial charge in [-0.25, -0.2) is 4.57 Å². The van der Waals surface area contributed by atoms with Gasteiger partial charge >= 0.3 is 0 Å². The van der Waals surface area contributed by atoms with Crippen molar-refractivity contribution < 1.29 is 4.57 Å². The average Bonchev–Trinajstić information content (AvgIpc) is 3.00. The predicted octanol–water partition coefficient (Wildman–Crippen LogP) is 6.32. The van der Waals surface area contributed by atoms with E-state index in [0.29, 0.717) is 11.8 Å². The third-order valence-electron chi connectivity index (χ3n) is 6.47. The van der Waals surface area contributed by atoms with Crippen molar-refractivity contribution in [2.45, 2.75) is 47.5 Å². The molecule has 3 aromatic heterocycles. The molecule has 0 radical (unpaired) electrons. The van der Waals surface area contributed by atoms with E-state index in [9.17, 15) is 0 Å². The fourth-order valence-corrected chi connectivity index (χ4v) is 5.19. The molecule has 5 rings (SSSR count). The van der Waals surface area contributed by atoms with Crippen LogP contribution in [0.4, 0.5) is 0 Å². The van der Waals surface area contributed by atoms with Crippen LogP contribution >= 0.6 is 0 Å². The predicted molar refractivity (Wildman–Crippen MR) is 131 cm³/mol. The largest absolute Gasteiger partial charge is 0.297 e. The molecule has 0 atom stereocenters. The second kappa shape index (κ2) is 7.33. The average molecular weight is 411 g/mol. The van der Waals surface area contributed by atoms with Gasteiger partial charge in [0.15, 0.2) is 11.0 Å². The van der Waals surface area contributed by atoms with E-state index in [1.165, 1.54) is 49.7 Å². The van der Waals surface area contributed by atoms with E-state index in [-0.39, 0.29) is 0 Å². The van der Waals surface area contributed by atoms with E-state index in [4.69, 9.17) is 4.98 Å². The lowest BCUT2D eigenvalue weighted by Crippen LogP contribution is -2.28. The van der Waals surface area contributed by atoms with E-state index in [1.807, 2.05) is 6.20 Å². The summed E-state index contributed by atoms with van der Waals surface area (Å²) < 4.78 is 4.84. The van der Waals surface area contributed by atoms with Gasteiger partial charge in [0.05, 0.1) is 18.0 Å². The number of rotatable bonds is 4. The molecule has 158 valence electrons. The first kappa shape index (κ1) is 20.0. The van der Waals surface area contributed by atoms with Crippen LogP contribution in [-0.2, 0) is 19.9 Å². The normalized spacial score (nSPS) is 12.4. The van der Waals surface area contributed by atoms with E-state index >= 15 is 0 Å². The molecule has 0 aliphatic rings. The number of aryl methyl sites for hydroxylation is 2. The van der Waals surface area contributed by atoms with Gasteiger partial charge in [-0.05, 0) is 78.6 Å². The van der Waals surface area contributed by atoms with Crippen molar-refractivity contribution in [3.63, 3.8) is 0 Å². The Kier molecular flexibility index (Phi) is 4.73. The monoisotopic (exact) mass is 410 g/mol. The van der Waals surface area contributed by atoms with E-state index in [1.54, 1.807) is 0 Å². The number of imidazole rings is 1. The zero-order valence-corrected chi connectivity index (χ0v) is 19.5. The van der Waals surface area contributed by atoms with Gasteiger partial charge in [-0.15, -0.1) is 0 Å². The molecule has 2 aromatic carbocycles. The number of pyridine rings is 2. The number of hydrogen-bond donors (Lipinski definition) is 0. The summed E-state index contributed by atoms with van der Waals surface area (Å²) in [6.45, 7) is 11.5. The number of para-hydroxylation sites is 1. The van der Waals surface area contributed by atoms with Gasteiger partial charge in [0, 0.05) is 11.6 Å². The number of fused-ring (bicyclic) bond motifs is 8. The van der Waals surface area contributed by atoms with Gasteiger partial charge in [0.25, 0.3) is 5.65 Å². The highest BCUT2D eigenvalue weighted by Gasteiger charge is 2.26. The van der Waals surface area contributed by atoms with Crippen molar-refractivity contribution in [3.05, 3.63) is 65.4 Å². The SMILES string of the molecule is Cc1ccnc2c3ccccc3n3c4cc(CC(C)C)c(CC(C)C)cc4[n+](C)c3c12. The van der Waals surface area contributed by atoms with Gasteiger partial charge in [-0.3, -0.25) is 4.98 Å². The summed E-state index contributed by atoms with van der Waals surface area (Å²) in [5, 5.41) is 2.46. The molecule has 0 fully saturated rings. The number of nitrogens with zero attached hydrogens (tertiary/aromatic N) is 3. The van der Waals surface area contributed by atoms with E-state index in [0.717, 1.165) is 18.4 Å². The highest BCUT2D eigenvalue weighted by atomic mass is 15.1. The van der Waals surface area contributed by atoms with Crippen LogP contribution < -0.4 is 4.57 Å². The number of benzene rings is 2. The van der Waals surface area contributed by atoms with Crippen molar-refractivity contribution in [1.82, 2.24) is 9.38 Å². The Balaban J connectivity index is 2.02. The van der Waals surface area contributed by atoms with Crippen LogP contribution in [0.1, 0.15) is 44.4 Å². The first-order chi connectivity index (χ1) is 14.9. The van der Waals surface area contributed by atoms with E-state index < -0.39 is 0 Å². The first-order valence-electron chi connectivity index (χ1n) is 11.5. The molecule has 0 saturated heterocycles. The molecule has 0 unspecified atom stereocenters. The molecule has 3 nitrogen and oxygen atoms in total. The van der Waals surface area contributed by atoms with Gasteiger partial charge in [0.2, 0.25) is 0 Å². The smallest absolute Gasteiger partial charge is 0.255 e. The fourth-order valence-electron chi connectivity index (χ4n) is 5.19. The molecule has 31 heavy (non-hydrogen) atoms. The summed E-state index contributed by atoms with van der Waals surface area (Å²) in [5.74, 6) is 1.27. The van der Waals surface area contributed by atoms with Crippen LogP contribution in [0.3, 0.4) is 0 Å². The van der Waals surface area contributed by atoms with Crippen LogP contribution in [0.2, 0.25) is 0 Å². The van der Waals surface area contributed by atoms with Crippen LogP contribution in [0.5, 0.6) is 0 Å². The Hall–Kier alpha value is -2.94. The van der Waals surface area contributed by atoms with Crippen LogP contribution in [0, 0.1) is 18.8 Å². The highest BCUT2D eigenvalue weighted by Crippen LogP contribution is 2.33. The zero-order chi connectivity index (χ0) is 21.9. The first-order valence-corrected chi connectivity index (χ1v) is 11.5. The third kappa shape index (κ3) is 3.10. The summed E-state index contributed by atoms with van der Waals surface area (Å²) in [7, 11) is 2.21. The molecule has 5 aromatic rings. The number of aromatic nitrogens is 3. The lowest BCUT2D eigenvalue weighted by Gasteiger charge is -2.13. The summed E-state index contributed by atoms with van der Waals surface area (Å²) in [4.78, 5) is 4.82. The molecule has 0 N–H and O–H groups in total. The summed E-state index contributed by atoms with van der Waals surface area (Å²) in [6, 6.07) is 15.7. The van der Waals surface area contributed by atoms with Crippen LogP contribution in [-0.4, -0.2) is 9.38 Å². The molecule has 0 amide bonds. The van der Waals surface area contributed by atoms with Crippen LogP contribution in [0.25, 0.3) is 38.5 Å². The molecule has 0 saturated carbocycles. The topological polar surface area (TPSA) is 21.2 Å². The molecule has 0 bridgehead atoms.